The van der Waals surface area contributed by atoms with Gasteiger partial charge in [-0.1, -0.05) is 6.92 Å². The zero-order valence-corrected chi connectivity index (χ0v) is 9.56. The molecule has 0 bridgehead atoms. The summed E-state index contributed by atoms with van der Waals surface area (Å²) in [4.78, 5) is 15.5. The molecular formula is C11H17N3O2. The first-order chi connectivity index (χ1) is 7.67. The fourth-order valence-electron chi connectivity index (χ4n) is 1.06. The second-order valence-corrected chi connectivity index (χ2v) is 3.44. The van der Waals surface area contributed by atoms with Crippen molar-refractivity contribution in [2.24, 2.45) is 11.7 Å². The van der Waals surface area contributed by atoms with Gasteiger partial charge in [0.25, 0.3) is 0 Å². The van der Waals surface area contributed by atoms with Crippen molar-refractivity contribution in [3.05, 3.63) is 18.3 Å². The number of hydrogen-bond donors (Lipinski definition) is 2. The summed E-state index contributed by atoms with van der Waals surface area (Å²) in [6.45, 7) is 4.57. The van der Waals surface area contributed by atoms with Crippen LogP contribution >= 0.6 is 0 Å². The largest absolute Gasteiger partial charge is 0.478 e. The lowest BCUT2D eigenvalue weighted by Crippen LogP contribution is -2.26. The fourth-order valence-corrected chi connectivity index (χ4v) is 1.06. The Hall–Kier alpha value is -1.62. The fraction of sp³-hybridized carbons (Fsp3) is 0.455. The van der Waals surface area contributed by atoms with E-state index < -0.39 is 0 Å². The molecule has 16 heavy (non-hydrogen) atoms. The Bertz CT molecular complexity index is 338. The molecule has 0 aliphatic rings. The molecule has 1 aromatic rings. The molecule has 0 aliphatic carbocycles. The molecule has 0 aliphatic heterocycles. The summed E-state index contributed by atoms with van der Waals surface area (Å²) in [5.74, 6) is 0.243. The summed E-state index contributed by atoms with van der Waals surface area (Å²) in [6.07, 6.45) is 1.56. The minimum Gasteiger partial charge on any atom is -0.478 e. The number of carbonyl (C=O) groups excluding carboxylic acids is 1. The van der Waals surface area contributed by atoms with Crippen LogP contribution in [0.25, 0.3) is 0 Å². The third kappa shape index (κ3) is 3.51. The molecule has 1 atom stereocenters. The van der Waals surface area contributed by atoms with E-state index in [1.54, 1.807) is 25.3 Å². The summed E-state index contributed by atoms with van der Waals surface area (Å²) in [7, 11) is 0. The highest BCUT2D eigenvalue weighted by Gasteiger charge is 2.10. The van der Waals surface area contributed by atoms with Crippen LogP contribution in [0.3, 0.4) is 0 Å². The van der Waals surface area contributed by atoms with Gasteiger partial charge in [0.15, 0.2) is 0 Å². The monoisotopic (exact) mass is 223 g/mol. The molecule has 0 radical (unpaired) electrons. The number of nitrogens with two attached hydrogens (primary N) is 1. The Balaban J connectivity index is 2.58. The molecular weight excluding hydrogens is 206 g/mol. The molecule has 0 aromatic carbocycles. The van der Waals surface area contributed by atoms with Crippen LogP contribution in [0.5, 0.6) is 5.88 Å². The van der Waals surface area contributed by atoms with Gasteiger partial charge < -0.3 is 15.8 Å². The Morgan fingerprint density at radius 2 is 2.38 bits per heavy atom. The number of amides is 1. The lowest BCUT2D eigenvalue weighted by Gasteiger charge is -2.09. The molecule has 0 fully saturated rings. The first-order valence-electron chi connectivity index (χ1n) is 5.27. The van der Waals surface area contributed by atoms with E-state index in [4.69, 9.17) is 10.5 Å². The Morgan fingerprint density at radius 1 is 1.62 bits per heavy atom. The average Bonchev–Trinajstić information content (AvgIpc) is 2.31. The number of nitrogens with zero attached hydrogens (tertiary/aromatic N) is 1. The van der Waals surface area contributed by atoms with Gasteiger partial charge in [0.2, 0.25) is 11.8 Å². The Labute approximate surface area is 95.0 Å². The maximum Gasteiger partial charge on any atom is 0.228 e. The minimum absolute atomic E-state index is 0.103. The van der Waals surface area contributed by atoms with E-state index in [9.17, 15) is 4.79 Å². The first-order valence-corrected chi connectivity index (χ1v) is 5.27. The van der Waals surface area contributed by atoms with Crippen molar-refractivity contribution in [2.75, 3.05) is 18.5 Å². The third-order valence-electron chi connectivity index (χ3n) is 2.10. The summed E-state index contributed by atoms with van der Waals surface area (Å²) >= 11 is 0. The molecule has 1 aromatic heterocycles. The van der Waals surface area contributed by atoms with E-state index in [0.29, 0.717) is 24.7 Å². The van der Waals surface area contributed by atoms with E-state index in [2.05, 4.69) is 10.3 Å². The zero-order chi connectivity index (χ0) is 12.0. The van der Waals surface area contributed by atoms with Crippen LogP contribution in [0.15, 0.2) is 18.3 Å². The standard InChI is InChI=1S/C11H17N3O2/c1-3-16-10-5-4-9(7-13-10)14-11(15)8(2)6-12/h4-5,7-8H,3,6,12H2,1-2H3,(H,14,15). The molecule has 1 heterocycles. The summed E-state index contributed by atoms with van der Waals surface area (Å²) in [5, 5.41) is 2.72. The minimum atomic E-state index is -0.202. The summed E-state index contributed by atoms with van der Waals surface area (Å²) in [6, 6.07) is 3.46. The first kappa shape index (κ1) is 12.4. The maximum absolute atomic E-state index is 11.5. The number of anilines is 1. The van der Waals surface area contributed by atoms with Crippen molar-refractivity contribution < 1.29 is 9.53 Å². The highest BCUT2D eigenvalue weighted by Crippen LogP contribution is 2.12. The van der Waals surface area contributed by atoms with Crippen LogP contribution in [0, 0.1) is 5.92 Å². The highest BCUT2D eigenvalue weighted by molar-refractivity contribution is 5.92. The van der Waals surface area contributed by atoms with Gasteiger partial charge in [-0.3, -0.25) is 4.79 Å². The normalized spacial score (nSPS) is 11.9. The molecule has 1 rings (SSSR count). The topological polar surface area (TPSA) is 77.2 Å². The van der Waals surface area contributed by atoms with Crippen molar-refractivity contribution >= 4 is 11.6 Å². The van der Waals surface area contributed by atoms with Gasteiger partial charge in [0, 0.05) is 18.5 Å². The SMILES string of the molecule is CCOc1ccc(NC(=O)C(C)CN)cn1. The summed E-state index contributed by atoms with van der Waals surface area (Å²) in [5.41, 5.74) is 6.04. The Kier molecular flexibility index (Phi) is 4.72. The van der Waals surface area contributed by atoms with Crippen LogP contribution in [-0.2, 0) is 4.79 Å². The van der Waals surface area contributed by atoms with Crippen molar-refractivity contribution in [2.45, 2.75) is 13.8 Å². The van der Waals surface area contributed by atoms with Gasteiger partial charge in [-0.05, 0) is 13.0 Å². The molecule has 3 N–H and O–H groups in total. The van der Waals surface area contributed by atoms with Crippen LogP contribution in [-0.4, -0.2) is 24.0 Å². The van der Waals surface area contributed by atoms with Gasteiger partial charge in [-0.2, -0.15) is 0 Å². The maximum atomic E-state index is 11.5. The number of nitrogens with one attached hydrogen (secondary N) is 1. The molecule has 88 valence electrons. The molecule has 1 unspecified atom stereocenters. The van der Waals surface area contributed by atoms with Gasteiger partial charge in [-0.25, -0.2) is 4.98 Å². The lowest BCUT2D eigenvalue weighted by molar-refractivity contribution is -0.119. The molecule has 5 heteroatoms. The van der Waals surface area contributed by atoms with Gasteiger partial charge in [0.1, 0.15) is 0 Å². The number of rotatable bonds is 5. The van der Waals surface area contributed by atoms with Crippen LogP contribution < -0.4 is 15.8 Å². The van der Waals surface area contributed by atoms with Gasteiger partial charge in [-0.15, -0.1) is 0 Å². The van der Waals surface area contributed by atoms with Crippen molar-refractivity contribution in [3.63, 3.8) is 0 Å². The second-order valence-electron chi connectivity index (χ2n) is 3.44. The second kappa shape index (κ2) is 6.07. The van der Waals surface area contributed by atoms with E-state index >= 15 is 0 Å². The Morgan fingerprint density at radius 3 is 2.88 bits per heavy atom. The quantitative estimate of drug-likeness (QED) is 0.781. The predicted molar refractivity (Wildman–Crippen MR) is 62.3 cm³/mol. The molecule has 0 saturated carbocycles. The average molecular weight is 223 g/mol. The van der Waals surface area contributed by atoms with Crippen LogP contribution in [0.1, 0.15) is 13.8 Å². The van der Waals surface area contributed by atoms with Crippen molar-refractivity contribution in [3.8, 4) is 5.88 Å². The van der Waals surface area contributed by atoms with E-state index in [1.807, 2.05) is 6.92 Å². The lowest BCUT2D eigenvalue weighted by atomic mass is 10.1. The highest BCUT2D eigenvalue weighted by atomic mass is 16.5. The van der Waals surface area contributed by atoms with E-state index in [1.165, 1.54) is 0 Å². The van der Waals surface area contributed by atoms with Crippen molar-refractivity contribution in [1.82, 2.24) is 4.98 Å². The third-order valence-corrected chi connectivity index (χ3v) is 2.10. The molecule has 1 amide bonds. The smallest absolute Gasteiger partial charge is 0.228 e. The predicted octanol–water partition coefficient (Wildman–Crippen LogP) is 1.01. The summed E-state index contributed by atoms with van der Waals surface area (Å²) < 4.78 is 5.19. The van der Waals surface area contributed by atoms with Gasteiger partial charge in [0.05, 0.1) is 18.5 Å². The van der Waals surface area contributed by atoms with Crippen LogP contribution in [0.2, 0.25) is 0 Å². The van der Waals surface area contributed by atoms with Crippen molar-refractivity contribution in [1.29, 1.82) is 0 Å². The number of pyridine rings is 1. The molecule has 0 spiro atoms. The number of aromatic nitrogens is 1. The molecule has 5 nitrogen and oxygen atoms in total. The van der Waals surface area contributed by atoms with Gasteiger partial charge >= 0.3 is 0 Å². The van der Waals surface area contributed by atoms with E-state index in [0.717, 1.165) is 0 Å². The zero-order valence-electron chi connectivity index (χ0n) is 9.56. The number of ether oxygens (including phenoxy) is 1. The van der Waals surface area contributed by atoms with Crippen LogP contribution in [0.4, 0.5) is 5.69 Å². The van der Waals surface area contributed by atoms with E-state index in [-0.39, 0.29) is 11.8 Å². The number of hydrogen-bond acceptors (Lipinski definition) is 4. The molecule has 0 saturated heterocycles. The number of carbonyl (C=O) groups is 1.